The van der Waals surface area contributed by atoms with Crippen LogP contribution in [0.2, 0.25) is 18.1 Å². The highest BCUT2D eigenvalue weighted by molar-refractivity contribution is 7.59. The topological polar surface area (TPSA) is 42.0 Å². The normalized spacial score (nSPS) is 18.2. The quantitative estimate of drug-likeness (QED) is 0.421. The highest BCUT2D eigenvalue weighted by Crippen LogP contribution is 2.38. The molecule has 1 fully saturated rings. The fourth-order valence-electron chi connectivity index (χ4n) is 3.69. The van der Waals surface area contributed by atoms with Gasteiger partial charge in [-0.2, -0.15) is 27.0 Å². The predicted octanol–water partition coefficient (Wildman–Crippen LogP) is 6.22. The average molecular weight is 517 g/mol. The lowest BCUT2D eigenvalue weighted by Crippen LogP contribution is -2.45. The van der Waals surface area contributed by atoms with Gasteiger partial charge in [0.25, 0.3) is 0 Å². The van der Waals surface area contributed by atoms with Crippen molar-refractivity contribution in [1.82, 2.24) is 9.80 Å². The standard InChI is InChI=1S/C25H44N2O3Si.2H2S/c1-19-12-11-13-20(16-19)22(26(8)23(28)29-24(2,3)4)18-27-15-14-21(17-27)30-31(9,10)25(5,6)7;;/h11-13,16,21-22H,14-15,17-18H2,1-10H3;2*1H2/t21-,22+;;/m0../s1. The van der Waals surface area contributed by atoms with Gasteiger partial charge in [0, 0.05) is 26.7 Å². The van der Waals surface area contributed by atoms with Gasteiger partial charge in [-0.1, -0.05) is 50.6 Å². The molecule has 0 bridgehead atoms. The maximum atomic E-state index is 12.9. The van der Waals surface area contributed by atoms with Crippen molar-refractivity contribution in [3.63, 3.8) is 0 Å². The Hall–Kier alpha value is -0.673. The predicted molar refractivity (Wildman–Crippen MR) is 152 cm³/mol. The molecular weight excluding hydrogens is 469 g/mol. The van der Waals surface area contributed by atoms with Crippen molar-refractivity contribution in [2.75, 3.05) is 26.7 Å². The van der Waals surface area contributed by atoms with Crippen LogP contribution in [0.25, 0.3) is 0 Å². The SMILES string of the molecule is Cc1cccc([C@@H](CN2CC[C@H](O[Si](C)(C)C(C)(C)C)C2)N(C)C(=O)OC(C)(C)C)c1.S.S. The molecule has 2 rings (SSSR count). The Labute approximate surface area is 217 Å². The van der Waals surface area contributed by atoms with Gasteiger partial charge in [0.05, 0.1) is 12.1 Å². The number of rotatable bonds is 6. The van der Waals surface area contributed by atoms with Crippen LogP contribution in [0.4, 0.5) is 4.79 Å². The van der Waals surface area contributed by atoms with E-state index in [1.165, 1.54) is 5.56 Å². The number of likely N-dealkylation sites (tertiary alicyclic amines) is 1. The van der Waals surface area contributed by atoms with Gasteiger partial charge in [0.1, 0.15) is 5.60 Å². The largest absolute Gasteiger partial charge is 0.444 e. The van der Waals surface area contributed by atoms with E-state index in [0.717, 1.165) is 31.6 Å². The van der Waals surface area contributed by atoms with E-state index in [4.69, 9.17) is 9.16 Å². The molecule has 0 saturated carbocycles. The molecule has 0 N–H and O–H groups in total. The van der Waals surface area contributed by atoms with E-state index >= 15 is 0 Å². The number of ether oxygens (including phenoxy) is 1. The first-order chi connectivity index (χ1) is 14.1. The number of carbonyl (C=O) groups is 1. The molecule has 192 valence electrons. The lowest BCUT2D eigenvalue weighted by atomic mass is 10.0. The highest BCUT2D eigenvalue weighted by Gasteiger charge is 2.41. The Morgan fingerprint density at radius 1 is 1.18 bits per heavy atom. The van der Waals surface area contributed by atoms with Gasteiger partial charge >= 0.3 is 6.09 Å². The number of carbonyl (C=O) groups excluding carboxylic acids is 1. The van der Waals surface area contributed by atoms with Crippen molar-refractivity contribution >= 4 is 41.4 Å². The van der Waals surface area contributed by atoms with Crippen molar-refractivity contribution in [2.45, 2.75) is 90.8 Å². The summed E-state index contributed by atoms with van der Waals surface area (Å²) in [6, 6.07) is 8.37. The van der Waals surface area contributed by atoms with Crippen molar-refractivity contribution in [3.05, 3.63) is 35.4 Å². The molecule has 0 aliphatic carbocycles. The lowest BCUT2D eigenvalue weighted by Gasteiger charge is -2.38. The van der Waals surface area contributed by atoms with E-state index in [9.17, 15) is 4.79 Å². The van der Waals surface area contributed by atoms with Crippen molar-refractivity contribution in [3.8, 4) is 0 Å². The first kappa shape index (κ1) is 32.3. The molecule has 1 heterocycles. The number of nitrogens with zero attached hydrogens (tertiary/aromatic N) is 2. The summed E-state index contributed by atoms with van der Waals surface area (Å²) in [5.41, 5.74) is 1.82. The zero-order valence-corrected chi connectivity index (χ0v) is 25.4. The lowest BCUT2D eigenvalue weighted by molar-refractivity contribution is 0.0187. The van der Waals surface area contributed by atoms with E-state index < -0.39 is 13.9 Å². The summed E-state index contributed by atoms with van der Waals surface area (Å²) in [5.74, 6) is 0. The minimum Gasteiger partial charge on any atom is -0.444 e. The third kappa shape index (κ3) is 9.47. The van der Waals surface area contributed by atoms with Gasteiger partial charge in [-0.25, -0.2) is 4.79 Å². The van der Waals surface area contributed by atoms with Crippen LogP contribution in [0.15, 0.2) is 24.3 Å². The Bertz CT molecular complexity index is 763. The monoisotopic (exact) mass is 516 g/mol. The number of benzene rings is 1. The molecule has 1 saturated heterocycles. The fourth-order valence-corrected chi connectivity index (χ4v) is 5.07. The number of likely N-dealkylation sites (N-methyl/N-ethyl adjacent to an activating group) is 1. The van der Waals surface area contributed by atoms with Crippen LogP contribution in [0.3, 0.4) is 0 Å². The number of amides is 1. The molecule has 0 aromatic heterocycles. The van der Waals surface area contributed by atoms with E-state index in [0.29, 0.717) is 0 Å². The molecule has 5 nitrogen and oxygen atoms in total. The first-order valence-corrected chi connectivity index (χ1v) is 14.4. The Morgan fingerprint density at radius 3 is 2.30 bits per heavy atom. The molecule has 0 radical (unpaired) electrons. The summed E-state index contributed by atoms with van der Waals surface area (Å²) in [7, 11) is 0.0594. The summed E-state index contributed by atoms with van der Waals surface area (Å²) in [5, 5.41) is 0.210. The highest BCUT2D eigenvalue weighted by atomic mass is 32.1. The molecule has 1 aromatic rings. The van der Waals surface area contributed by atoms with Gasteiger partial charge in [0.15, 0.2) is 8.32 Å². The average Bonchev–Trinajstić information content (AvgIpc) is 3.03. The first-order valence-electron chi connectivity index (χ1n) is 11.5. The molecule has 0 spiro atoms. The number of aryl methyl sites for hydroxylation is 1. The van der Waals surface area contributed by atoms with Gasteiger partial charge in [-0.05, 0) is 57.8 Å². The van der Waals surface area contributed by atoms with Crippen molar-refractivity contribution in [2.24, 2.45) is 0 Å². The van der Waals surface area contributed by atoms with Gasteiger partial charge < -0.3 is 14.1 Å². The van der Waals surface area contributed by atoms with Crippen LogP contribution in [0.1, 0.15) is 65.1 Å². The van der Waals surface area contributed by atoms with Gasteiger partial charge in [0.2, 0.25) is 0 Å². The van der Waals surface area contributed by atoms with E-state index in [1.807, 2.05) is 27.8 Å². The molecule has 33 heavy (non-hydrogen) atoms. The van der Waals surface area contributed by atoms with Crippen LogP contribution >= 0.6 is 27.0 Å². The summed E-state index contributed by atoms with van der Waals surface area (Å²) in [4.78, 5) is 17.0. The van der Waals surface area contributed by atoms with Crippen LogP contribution in [0, 0.1) is 6.92 Å². The van der Waals surface area contributed by atoms with Crippen LogP contribution < -0.4 is 0 Å². The second-order valence-electron chi connectivity index (χ2n) is 11.6. The zero-order chi connectivity index (χ0) is 23.6. The summed E-state index contributed by atoms with van der Waals surface area (Å²) in [6.07, 6.45) is 1.03. The molecule has 8 heteroatoms. The third-order valence-corrected chi connectivity index (χ3v) is 11.0. The Morgan fingerprint density at radius 2 is 1.79 bits per heavy atom. The van der Waals surface area contributed by atoms with E-state index in [-0.39, 0.29) is 50.3 Å². The van der Waals surface area contributed by atoms with Gasteiger partial charge in [-0.3, -0.25) is 4.90 Å². The van der Waals surface area contributed by atoms with Crippen molar-refractivity contribution in [1.29, 1.82) is 0 Å². The molecule has 2 atom stereocenters. The minimum absolute atomic E-state index is 0. The minimum atomic E-state index is -1.79. The summed E-state index contributed by atoms with van der Waals surface area (Å²) < 4.78 is 12.3. The molecule has 1 aliphatic heterocycles. The number of hydrogen-bond acceptors (Lipinski definition) is 4. The fraction of sp³-hybridized carbons (Fsp3) is 0.720. The van der Waals surface area contributed by atoms with Crippen LogP contribution in [0.5, 0.6) is 0 Å². The molecule has 0 unspecified atom stereocenters. The van der Waals surface area contributed by atoms with Crippen LogP contribution in [-0.4, -0.2) is 62.6 Å². The molecule has 1 aliphatic rings. The van der Waals surface area contributed by atoms with Crippen molar-refractivity contribution < 1.29 is 14.0 Å². The second-order valence-corrected chi connectivity index (χ2v) is 16.3. The Balaban J connectivity index is 0.00000512. The maximum absolute atomic E-state index is 12.9. The molecular formula is C25H48N2O3S2Si. The summed E-state index contributed by atoms with van der Waals surface area (Å²) >= 11 is 0. The van der Waals surface area contributed by atoms with Crippen LogP contribution in [-0.2, 0) is 9.16 Å². The smallest absolute Gasteiger partial charge is 0.410 e. The third-order valence-electron chi connectivity index (χ3n) is 6.50. The maximum Gasteiger partial charge on any atom is 0.410 e. The molecule has 1 amide bonds. The summed E-state index contributed by atoms with van der Waals surface area (Å²) in [6.45, 7) is 22.0. The molecule has 1 aromatic carbocycles. The Kier molecular flexibility index (Phi) is 12.1. The zero-order valence-electron chi connectivity index (χ0n) is 22.4. The second kappa shape index (κ2) is 12.3. The van der Waals surface area contributed by atoms with E-state index in [1.54, 1.807) is 4.90 Å². The number of hydrogen-bond donors (Lipinski definition) is 0. The van der Waals surface area contributed by atoms with Gasteiger partial charge in [-0.15, -0.1) is 0 Å². The van der Waals surface area contributed by atoms with E-state index in [2.05, 4.69) is 70.0 Å².